The number of carbonyl (C=O) groups excluding carboxylic acids is 1. The molecule has 0 amide bonds. The number of nitrogens with one attached hydrogen (secondary N) is 1. The summed E-state index contributed by atoms with van der Waals surface area (Å²) >= 11 is 1.88. The first-order chi connectivity index (χ1) is 5.65. The maximum atomic E-state index is 10.9. The lowest BCUT2D eigenvalue weighted by molar-refractivity contribution is 0.0591. The van der Waals surface area contributed by atoms with Crippen molar-refractivity contribution in [2.45, 2.75) is 0 Å². The summed E-state index contributed by atoms with van der Waals surface area (Å²) in [5, 5.41) is 0. The number of nitrogens with zero attached hydrogens (tertiary/aromatic N) is 1. The van der Waals surface area contributed by atoms with Crippen LogP contribution >= 0.6 is 22.6 Å². The van der Waals surface area contributed by atoms with Gasteiger partial charge in [-0.25, -0.2) is 9.78 Å². The molecule has 1 rings (SSSR count). The first-order valence-electron chi connectivity index (χ1n) is 2.98. The van der Waals surface area contributed by atoms with Gasteiger partial charge in [-0.05, 0) is 22.6 Å². The predicted octanol–water partition coefficient (Wildman–Crippen LogP) is 0.161. The van der Waals surface area contributed by atoms with Crippen molar-refractivity contribution in [1.29, 1.82) is 0 Å². The van der Waals surface area contributed by atoms with Gasteiger partial charge in [-0.2, -0.15) is 0 Å². The lowest BCUT2D eigenvalue weighted by Crippen LogP contribution is -2.21. The first kappa shape index (κ1) is 9.17. The van der Waals surface area contributed by atoms with Crippen molar-refractivity contribution in [2.24, 2.45) is 0 Å². The summed E-state index contributed by atoms with van der Waals surface area (Å²) in [4.78, 5) is 27.9. The highest BCUT2D eigenvalue weighted by atomic mass is 127. The lowest BCUT2D eigenvalue weighted by atomic mass is 10.4. The van der Waals surface area contributed by atoms with Gasteiger partial charge in [-0.1, -0.05) is 0 Å². The number of ether oxygens (including phenoxy) is 1. The monoisotopic (exact) mass is 280 g/mol. The van der Waals surface area contributed by atoms with Crippen molar-refractivity contribution in [3.8, 4) is 0 Å². The zero-order chi connectivity index (χ0) is 9.14. The number of methoxy groups -OCH3 is 1. The Balaban J connectivity index is 3.23. The van der Waals surface area contributed by atoms with E-state index >= 15 is 0 Å². The predicted molar refractivity (Wildman–Crippen MR) is 48.9 cm³/mol. The molecule has 0 atom stereocenters. The Labute approximate surface area is 81.3 Å². The van der Waals surface area contributed by atoms with Crippen molar-refractivity contribution in [3.05, 3.63) is 25.9 Å². The van der Waals surface area contributed by atoms with Gasteiger partial charge in [-0.15, -0.1) is 0 Å². The summed E-state index contributed by atoms with van der Waals surface area (Å²) < 4.78 is 4.88. The zero-order valence-corrected chi connectivity index (χ0v) is 8.28. The molecule has 0 aliphatic carbocycles. The molecule has 1 N–H and O–H groups in total. The maximum absolute atomic E-state index is 10.9. The van der Waals surface area contributed by atoms with Crippen molar-refractivity contribution in [1.82, 2.24) is 9.97 Å². The molecule has 0 bridgehead atoms. The smallest absolute Gasteiger partial charge is 0.362 e. The Kier molecular flexibility index (Phi) is 2.79. The topological polar surface area (TPSA) is 72.0 Å². The van der Waals surface area contributed by atoms with Gasteiger partial charge in [0.2, 0.25) is 5.69 Å². The molecule has 0 saturated carbocycles. The average molecular weight is 280 g/mol. The number of carbonyl (C=O) groups is 1. The molecule has 0 aliphatic heterocycles. The first-order valence-corrected chi connectivity index (χ1v) is 4.06. The summed E-state index contributed by atoms with van der Waals surface area (Å²) in [5.41, 5.74) is -0.758. The summed E-state index contributed by atoms with van der Waals surface area (Å²) in [7, 11) is 1.20. The van der Waals surface area contributed by atoms with E-state index in [0.29, 0.717) is 3.70 Å². The second-order valence-corrected chi connectivity index (χ2v) is 3.00. The minimum Gasteiger partial charge on any atom is -0.464 e. The SMILES string of the molecule is COC(=O)c1nc(I)c[nH]c1=O. The van der Waals surface area contributed by atoms with Crippen LogP contribution < -0.4 is 5.56 Å². The van der Waals surface area contributed by atoms with Crippen LogP contribution in [0.3, 0.4) is 0 Å². The van der Waals surface area contributed by atoms with E-state index in [-0.39, 0.29) is 5.69 Å². The van der Waals surface area contributed by atoms with E-state index in [9.17, 15) is 9.59 Å². The number of hydrogen-bond donors (Lipinski definition) is 1. The van der Waals surface area contributed by atoms with Crippen LogP contribution in [-0.4, -0.2) is 23.0 Å². The molecule has 0 aliphatic rings. The van der Waals surface area contributed by atoms with E-state index in [1.807, 2.05) is 22.6 Å². The molecular formula is C6H5IN2O3. The highest BCUT2D eigenvalue weighted by Gasteiger charge is 2.12. The van der Waals surface area contributed by atoms with E-state index in [1.165, 1.54) is 13.3 Å². The van der Waals surface area contributed by atoms with E-state index in [0.717, 1.165) is 0 Å². The fourth-order valence-electron chi connectivity index (χ4n) is 0.618. The van der Waals surface area contributed by atoms with Crippen LogP contribution in [0.5, 0.6) is 0 Å². The normalized spacial score (nSPS) is 9.50. The van der Waals surface area contributed by atoms with E-state index in [4.69, 9.17) is 0 Å². The number of hydrogen-bond acceptors (Lipinski definition) is 4. The van der Waals surface area contributed by atoms with Crippen LogP contribution in [0, 0.1) is 3.70 Å². The van der Waals surface area contributed by atoms with Crippen molar-refractivity contribution < 1.29 is 9.53 Å². The number of esters is 1. The molecular weight excluding hydrogens is 275 g/mol. The second kappa shape index (κ2) is 3.65. The minimum atomic E-state index is -0.727. The molecule has 64 valence electrons. The molecule has 0 unspecified atom stereocenters. The van der Waals surface area contributed by atoms with E-state index in [2.05, 4.69) is 14.7 Å². The number of aromatic amines is 1. The molecule has 5 nitrogen and oxygen atoms in total. The molecule has 0 radical (unpaired) electrons. The van der Waals surface area contributed by atoms with Crippen LogP contribution in [0.25, 0.3) is 0 Å². The zero-order valence-electron chi connectivity index (χ0n) is 6.13. The fraction of sp³-hybridized carbons (Fsp3) is 0.167. The molecule has 1 heterocycles. The number of halogens is 1. The van der Waals surface area contributed by atoms with Crippen LogP contribution in [0.4, 0.5) is 0 Å². The standard InChI is InChI=1S/C6H5IN2O3/c1-12-6(11)4-5(10)8-2-3(7)9-4/h2H,1H3,(H,8,10). The van der Waals surface area contributed by atoms with Crippen molar-refractivity contribution >= 4 is 28.6 Å². The van der Waals surface area contributed by atoms with Gasteiger partial charge in [0.05, 0.1) is 7.11 Å². The molecule has 6 heteroatoms. The van der Waals surface area contributed by atoms with Gasteiger partial charge >= 0.3 is 5.97 Å². The Morgan fingerprint density at radius 1 is 1.75 bits per heavy atom. The van der Waals surface area contributed by atoms with Gasteiger partial charge < -0.3 is 9.72 Å². The highest BCUT2D eigenvalue weighted by Crippen LogP contribution is 1.96. The third-order valence-corrected chi connectivity index (χ3v) is 1.69. The summed E-state index contributed by atoms with van der Waals surface area (Å²) in [5.74, 6) is -0.727. The van der Waals surface area contributed by atoms with Crippen molar-refractivity contribution in [2.75, 3.05) is 7.11 Å². The molecule has 0 saturated heterocycles. The van der Waals surface area contributed by atoms with Gasteiger partial charge in [0, 0.05) is 6.20 Å². The van der Waals surface area contributed by atoms with Gasteiger partial charge in [0.25, 0.3) is 5.56 Å². The van der Waals surface area contributed by atoms with E-state index in [1.54, 1.807) is 0 Å². The largest absolute Gasteiger partial charge is 0.464 e. The molecule has 1 aromatic rings. The van der Waals surface area contributed by atoms with Gasteiger partial charge in [0.15, 0.2) is 0 Å². The summed E-state index contributed by atoms with van der Waals surface area (Å²) in [6.07, 6.45) is 1.41. The van der Waals surface area contributed by atoms with Crippen LogP contribution in [-0.2, 0) is 4.74 Å². The molecule has 12 heavy (non-hydrogen) atoms. The Bertz CT molecular complexity index is 360. The molecule has 0 fully saturated rings. The number of H-pyrrole nitrogens is 1. The van der Waals surface area contributed by atoms with Crippen LogP contribution in [0.1, 0.15) is 10.5 Å². The highest BCUT2D eigenvalue weighted by molar-refractivity contribution is 14.1. The lowest BCUT2D eigenvalue weighted by Gasteiger charge is -1.96. The Hall–Kier alpha value is -0.920. The second-order valence-electron chi connectivity index (χ2n) is 1.89. The minimum absolute atomic E-state index is 0.218. The summed E-state index contributed by atoms with van der Waals surface area (Å²) in [6.45, 7) is 0. The van der Waals surface area contributed by atoms with Gasteiger partial charge in [0.1, 0.15) is 3.70 Å². The third-order valence-electron chi connectivity index (χ3n) is 1.13. The number of aromatic nitrogens is 2. The quantitative estimate of drug-likeness (QED) is 0.587. The maximum Gasteiger partial charge on any atom is 0.362 e. The Morgan fingerprint density at radius 2 is 2.42 bits per heavy atom. The van der Waals surface area contributed by atoms with Crippen LogP contribution in [0.2, 0.25) is 0 Å². The average Bonchev–Trinajstić information content (AvgIpc) is 2.08. The molecule has 0 aromatic carbocycles. The Morgan fingerprint density at radius 3 is 3.00 bits per heavy atom. The van der Waals surface area contributed by atoms with Crippen LogP contribution in [0.15, 0.2) is 11.0 Å². The van der Waals surface area contributed by atoms with E-state index < -0.39 is 11.5 Å². The fourth-order valence-corrected chi connectivity index (χ4v) is 1.02. The number of rotatable bonds is 1. The molecule has 1 aromatic heterocycles. The van der Waals surface area contributed by atoms with Crippen molar-refractivity contribution in [3.63, 3.8) is 0 Å². The third kappa shape index (κ3) is 1.81. The summed E-state index contributed by atoms with van der Waals surface area (Å²) in [6, 6.07) is 0. The molecule has 0 spiro atoms. The van der Waals surface area contributed by atoms with Gasteiger partial charge in [-0.3, -0.25) is 4.79 Å².